The normalized spacial score (nSPS) is 12.5. The number of ketones is 1. The van der Waals surface area contributed by atoms with Crippen LogP contribution < -0.4 is 5.73 Å². The number of nitrogen functional groups attached to an aromatic ring is 1. The smallest absolute Gasteiger partial charge is 0.153 e. The number of allylic oxidation sites excluding steroid dienone is 6. The third kappa shape index (κ3) is 4.51. The highest BCUT2D eigenvalue weighted by Crippen LogP contribution is 2.17. The van der Waals surface area contributed by atoms with Crippen LogP contribution in [0.5, 0.6) is 0 Å². The van der Waals surface area contributed by atoms with E-state index in [0.717, 1.165) is 11.1 Å². The van der Waals surface area contributed by atoms with Crippen LogP contribution in [0.25, 0.3) is 5.57 Å². The third-order valence-electron chi connectivity index (χ3n) is 2.18. The fourth-order valence-corrected chi connectivity index (χ4v) is 1.39. The number of rotatable bonds is 4. The molecule has 0 amide bonds. The van der Waals surface area contributed by atoms with Crippen LogP contribution in [-0.2, 0) is 4.79 Å². The Labute approximate surface area is 102 Å². The van der Waals surface area contributed by atoms with Gasteiger partial charge in [0.15, 0.2) is 5.78 Å². The number of nitrogens with two attached hydrogens (primary N) is 1. The first-order valence-corrected chi connectivity index (χ1v) is 5.51. The van der Waals surface area contributed by atoms with E-state index >= 15 is 0 Å². The van der Waals surface area contributed by atoms with Crippen molar-refractivity contribution in [2.75, 3.05) is 5.73 Å². The zero-order valence-electron chi connectivity index (χ0n) is 10.2. The Morgan fingerprint density at radius 2 is 1.82 bits per heavy atom. The topological polar surface area (TPSA) is 43.1 Å². The fourth-order valence-electron chi connectivity index (χ4n) is 1.39. The zero-order valence-corrected chi connectivity index (χ0v) is 10.2. The van der Waals surface area contributed by atoms with Gasteiger partial charge < -0.3 is 5.73 Å². The van der Waals surface area contributed by atoms with Gasteiger partial charge in [-0.05, 0) is 43.2 Å². The second kappa shape index (κ2) is 6.48. The van der Waals surface area contributed by atoms with Crippen LogP contribution in [-0.4, -0.2) is 5.78 Å². The summed E-state index contributed by atoms with van der Waals surface area (Å²) in [5.74, 6) is 0.0296. The monoisotopic (exact) mass is 227 g/mol. The lowest BCUT2D eigenvalue weighted by molar-refractivity contribution is -0.112. The Bertz CT molecular complexity index is 464. The van der Waals surface area contributed by atoms with Gasteiger partial charge in [0.25, 0.3) is 0 Å². The molecule has 0 aliphatic heterocycles. The number of carbonyl (C=O) groups excluding carboxylic acids is 1. The van der Waals surface area contributed by atoms with Crippen LogP contribution >= 0.6 is 0 Å². The molecule has 0 saturated carbocycles. The lowest BCUT2D eigenvalue weighted by Crippen LogP contribution is -1.89. The lowest BCUT2D eigenvalue weighted by atomic mass is 10.0. The molecule has 2 N–H and O–H groups in total. The van der Waals surface area contributed by atoms with E-state index in [9.17, 15) is 4.79 Å². The molecule has 0 aliphatic rings. The Balaban J connectivity index is 3.06. The number of anilines is 1. The van der Waals surface area contributed by atoms with Gasteiger partial charge in [-0.25, -0.2) is 0 Å². The molecule has 2 nitrogen and oxygen atoms in total. The fraction of sp³-hybridized carbons (Fsp3) is 0.133. The quantitative estimate of drug-likeness (QED) is 0.487. The molecule has 88 valence electrons. The summed E-state index contributed by atoms with van der Waals surface area (Å²) < 4.78 is 0. The van der Waals surface area contributed by atoms with E-state index < -0.39 is 0 Å². The first-order valence-electron chi connectivity index (χ1n) is 5.51. The largest absolute Gasteiger partial charge is 0.399 e. The molecule has 1 aromatic carbocycles. The number of hydrogen-bond acceptors (Lipinski definition) is 2. The molecular weight excluding hydrogens is 210 g/mol. The summed E-state index contributed by atoms with van der Waals surface area (Å²) in [6.07, 6.45) is 9.29. The van der Waals surface area contributed by atoms with Gasteiger partial charge in [-0.2, -0.15) is 0 Å². The highest BCUT2D eigenvalue weighted by molar-refractivity contribution is 5.97. The van der Waals surface area contributed by atoms with Crippen molar-refractivity contribution in [1.82, 2.24) is 0 Å². The van der Waals surface area contributed by atoms with Gasteiger partial charge in [-0.15, -0.1) is 0 Å². The summed E-state index contributed by atoms with van der Waals surface area (Å²) in [5, 5.41) is 0. The minimum atomic E-state index is 0.0296. The van der Waals surface area contributed by atoms with Crippen LogP contribution in [0.2, 0.25) is 0 Å². The van der Waals surface area contributed by atoms with Gasteiger partial charge in [0.1, 0.15) is 0 Å². The molecule has 0 spiro atoms. The third-order valence-corrected chi connectivity index (χ3v) is 2.18. The average molecular weight is 227 g/mol. The van der Waals surface area contributed by atoms with E-state index in [1.165, 1.54) is 0 Å². The number of benzene rings is 1. The van der Waals surface area contributed by atoms with Crippen LogP contribution in [0.4, 0.5) is 5.69 Å². The Hall–Kier alpha value is -2.09. The van der Waals surface area contributed by atoms with Crippen molar-refractivity contribution >= 4 is 17.0 Å². The lowest BCUT2D eigenvalue weighted by Gasteiger charge is -2.02. The standard InChI is InChI=1S/C15H17NO/c1-3-4-5-6-14(11-12(2)17)13-7-9-15(16)10-8-13/h3-11H,16H2,1-2H3/b4-3-,6-5-,14-11-. The minimum absolute atomic E-state index is 0.0296. The van der Waals surface area contributed by atoms with Crippen molar-refractivity contribution < 1.29 is 4.79 Å². The van der Waals surface area contributed by atoms with Gasteiger partial charge in [-0.3, -0.25) is 4.79 Å². The van der Waals surface area contributed by atoms with Crippen molar-refractivity contribution in [3.63, 3.8) is 0 Å². The molecule has 2 heteroatoms. The van der Waals surface area contributed by atoms with Gasteiger partial charge in [0.05, 0.1) is 0 Å². The van der Waals surface area contributed by atoms with E-state index in [-0.39, 0.29) is 5.78 Å². The second-order valence-corrected chi connectivity index (χ2v) is 3.72. The van der Waals surface area contributed by atoms with Crippen LogP contribution in [0.1, 0.15) is 19.4 Å². The molecule has 0 saturated heterocycles. The highest BCUT2D eigenvalue weighted by atomic mass is 16.1. The van der Waals surface area contributed by atoms with E-state index in [4.69, 9.17) is 5.73 Å². The van der Waals surface area contributed by atoms with Gasteiger partial charge >= 0.3 is 0 Å². The molecule has 0 aromatic heterocycles. The molecular formula is C15H17NO. The summed E-state index contributed by atoms with van der Waals surface area (Å²) in [4.78, 5) is 11.2. The van der Waals surface area contributed by atoms with E-state index in [0.29, 0.717) is 5.69 Å². The Morgan fingerprint density at radius 3 is 2.35 bits per heavy atom. The first kappa shape index (κ1) is 13.0. The average Bonchev–Trinajstić information content (AvgIpc) is 2.28. The van der Waals surface area contributed by atoms with Crippen LogP contribution in [0.15, 0.2) is 54.6 Å². The molecule has 17 heavy (non-hydrogen) atoms. The predicted molar refractivity (Wildman–Crippen MR) is 73.5 cm³/mol. The molecule has 0 bridgehead atoms. The summed E-state index contributed by atoms with van der Waals surface area (Å²) in [7, 11) is 0. The molecule has 0 fully saturated rings. The van der Waals surface area contributed by atoms with E-state index in [1.807, 2.05) is 55.5 Å². The van der Waals surface area contributed by atoms with Gasteiger partial charge in [-0.1, -0.05) is 36.4 Å². The molecule has 0 atom stereocenters. The maximum Gasteiger partial charge on any atom is 0.153 e. The zero-order chi connectivity index (χ0) is 12.7. The summed E-state index contributed by atoms with van der Waals surface area (Å²) in [5.41, 5.74) is 8.22. The molecule has 0 heterocycles. The maximum atomic E-state index is 11.2. The molecule has 1 rings (SSSR count). The van der Waals surface area contributed by atoms with Crippen molar-refractivity contribution in [1.29, 1.82) is 0 Å². The Kier molecular flexibility index (Phi) is 4.95. The van der Waals surface area contributed by atoms with Crippen molar-refractivity contribution in [3.8, 4) is 0 Å². The summed E-state index contributed by atoms with van der Waals surface area (Å²) >= 11 is 0. The predicted octanol–water partition coefficient (Wildman–Crippen LogP) is 3.37. The second-order valence-electron chi connectivity index (χ2n) is 3.72. The van der Waals surface area contributed by atoms with Crippen molar-refractivity contribution in [2.45, 2.75) is 13.8 Å². The first-order chi connectivity index (χ1) is 8.13. The van der Waals surface area contributed by atoms with Gasteiger partial charge in [0, 0.05) is 5.69 Å². The SMILES string of the molecule is C\C=C/C=C\C(=C\C(C)=O)c1ccc(N)cc1. The van der Waals surface area contributed by atoms with Crippen molar-refractivity contribution in [2.24, 2.45) is 0 Å². The summed E-state index contributed by atoms with van der Waals surface area (Å²) in [6.45, 7) is 3.49. The summed E-state index contributed by atoms with van der Waals surface area (Å²) in [6, 6.07) is 7.47. The molecule has 0 radical (unpaired) electrons. The molecule has 0 unspecified atom stereocenters. The number of hydrogen-bond donors (Lipinski definition) is 1. The Morgan fingerprint density at radius 1 is 1.18 bits per heavy atom. The van der Waals surface area contributed by atoms with Crippen LogP contribution in [0, 0.1) is 0 Å². The van der Waals surface area contributed by atoms with Gasteiger partial charge in [0.2, 0.25) is 0 Å². The van der Waals surface area contributed by atoms with Crippen molar-refractivity contribution in [3.05, 3.63) is 60.2 Å². The van der Waals surface area contributed by atoms with Crippen LogP contribution in [0.3, 0.4) is 0 Å². The highest BCUT2D eigenvalue weighted by Gasteiger charge is 1.99. The van der Waals surface area contributed by atoms with E-state index in [1.54, 1.807) is 13.0 Å². The number of carbonyl (C=O) groups is 1. The maximum absolute atomic E-state index is 11.2. The minimum Gasteiger partial charge on any atom is -0.399 e. The van der Waals surface area contributed by atoms with E-state index in [2.05, 4.69) is 0 Å². The molecule has 0 aliphatic carbocycles. The molecule has 1 aromatic rings.